The SMILES string of the molecule is COc1ccc(CNC(N)=NCc2cccc(COc3ccccc3)c2)cc1OC.I. The van der Waals surface area contributed by atoms with Crippen molar-refractivity contribution in [1.82, 2.24) is 5.32 Å². The van der Waals surface area contributed by atoms with Gasteiger partial charge in [0, 0.05) is 6.54 Å². The smallest absolute Gasteiger partial charge is 0.189 e. The Bertz CT molecular complexity index is 981. The van der Waals surface area contributed by atoms with E-state index >= 15 is 0 Å². The Morgan fingerprint density at radius 2 is 1.58 bits per heavy atom. The van der Waals surface area contributed by atoms with Crippen LogP contribution in [-0.4, -0.2) is 20.2 Å². The van der Waals surface area contributed by atoms with E-state index in [0.29, 0.717) is 37.2 Å². The molecule has 0 aromatic heterocycles. The van der Waals surface area contributed by atoms with Gasteiger partial charge in [0.05, 0.1) is 20.8 Å². The molecule has 0 bridgehead atoms. The molecule has 0 aliphatic carbocycles. The normalized spacial score (nSPS) is 10.7. The van der Waals surface area contributed by atoms with Crippen LogP contribution >= 0.6 is 24.0 Å². The van der Waals surface area contributed by atoms with Crippen LogP contribution in [0.3, 0.4) is 0 Å². The van der Waals surface area contributed by atoms with Gasteiger partial charge in [-0.05, 0) is 41.0 Å². The number of guanidine groups is 1. The number of methoxy groups -OCH3 is 2. The molecule has 0 spiro atoms. The Morgan fingerprint density at radius 1 is 0.839 bits per heavy atom. The van der Waals surface area contributed by atoms with E-state index < -0.39 is 0 Å². The molecule has 0 saturated carbocycles. The first kappa shape index (κ1) is 24.3. The van der Waals surface area contributed by atoms with E-state index in [1.165, 1.54) is 0 Å². The monoisotopic (exact) mass is 533 g/mol. The number of ether oxygens (including phenoxy) is 3. The van der Waals surface area contributed by atoms with Gasteiger partial charge < -0.3 is 25.3 Å². The Kier molecular flexibility index (Phi) is 9.96. The highest BCUT2D eigenvalue weighted by Gasteiger charge is 2.05. The number of nitrogens with one attached hydrogen (secondary N) is 1. The molecular formula is C24H28IN3O3. The summed E-state index contributed by atoms with van der Waals surface area (Å²) in [6.45, 7) is 1.54. The minimum atomic E-state index is 0. The molecule has 31 heavy (non-hydrogen) atoms. The topological polar surface area (TPSA) is 78.1 Å². The third kappa shape index (κ3) is 7.67. The minimum absolute atomic E-state index is 0. The molecule has 3 aromatic carbocycles. The van der Waals surface area contributed by atoms with Gasteiger partial charge in [0.2, 0.25) is 0 Å². The fourth-order valence-corrected chi connectivity index (χ4v) is 2.92. The average Bonchev–Trinajstić information content (AvgIpc) is 2.80. The van der Waals surface area contributed by atoms with Crippen LogP contribution in [0.1, 0.15) is 16.7 Å². The molecule has 3 N–H and O–H groups in total. The van der Waals surface area contributed by atoms with Crippen LogP contribution in [0.25, 0.3) is 0 Å². The summed E-state index contributed by atoms with van der Waals surface area (Å²) in [5.41, 5.74) is 9.20. The lowest BCUT2D eigenvalue weighted by Gasteiger charge is -2.11. The first-order chi connectivity index (χ1) is 14.7. The highest BCUT2D eigenvalue weighted by atomic mass is 127. The van der Waals surface area contributed by atoms with E-state index in [1.807, 2.05) is 66.7 Å². The van der Waals surface area contributed by atoms with E-state index in [4.69, 9.17) is 19.9 Å². The number of hydrogen-bond donors (Lipinski definition) is 2. The fraction of sp³-hybridized carbons (Fsp3) is 0.208. The van der Waals surface area contributed by atoms with Crippen molar-refractivity contribution in [2.45, 2.75) is 19.7 Å². The maximum Gasteiger partial charge on any atom is 0.189 e. The predicted octanol–water partition coefficient (Wildman–Crippen LogP) is 4.51. The molecule has 3 aromatic rings. The molecule has 0 aliphatic rings. The molecule has 3 rings (SSSR count). The number of benzene rings is 3. The third-order valence-corrected chi connectivity index (χ3v) is 4.49. The summed E-state index contributed by atoms with van der Waals surface area (Å²) < 4.78 is 16.4. The highest BCUT2D eigenvalue weighted by molar-refractivity contribution is 14.0. The average molecular weight is 533 g/mol. The molecule has 0 amide bonds. The van der Waals surface area contributed by atoms with Crippen LogP contribution < -0.4 is 25.3 Å². The molecule has 0 heterocycles. The molecule has 0 aliphatic heterocycles. The lowest BCUT2D eigenvalue weighted by atomic mass is 10.1. The van der Waals surface area contributed by atoms with E-state index in [-0.39, 0.29) is 24.0 Å². The van der Waals surface area contributed by atoms with Gasteiger partial charge in [-0.3, -0.25) is 0 Å². The van der Waals surface area contributed by atoms with Crippen molar-refractivity contribution in [2.75, 3.05) is 14.2 Å². The van der Waals surface area contributed by atoms with Crippen molar-refractivity contribution in [1.29, 1.82) is 0 Å². The maximum atomic E-state index is 6.03. The Hall–Kier alpha value is -2.94. The van der Waals surface area contributed by atoms with Crippen molar-refractivity contribution in [3.8, 4) is 17.2 Å². The number of para-hydroxylation sites is 1. The number of aliphatic imine (C=N–C) groups is 1. The van der Waals surface area contributed by atoms with E-state index in [1.54, 1.807) is 14.2 Å². The van der Waals surface area contributed by atoms with Crippen LogP contribution in [0.2, 0.25) is 0 Å². The van der Waals surface area contributed by atoms with Gasteiger partial charge in [-0.2, -0.15) is 0 Å². The zero-order valence-electron chi connectivity index (χ0n) is 17.7. The van der Waals surface area contributed by atoms with Gasteiger partial charge in [0.1, 0.15) is 12.4 Å². The van der Waals surface area contributed by atoms with Gasteiger partial charge >= 0.3 is 0 Å². The van der Waals surface area contributed by atoms with Crippen molar-refractivity contribution in [3.05, 3.63) is 89.5 Å². The van der Waals surface area contributed by atoms with Gasteiger partial charge in [-0.25, -0.2) is 4.99 Å². The summed E-state index contributed by atoms with van der Waals surface area (Å²) in [7, 11) is 3.23. The van der Waals surface area contributed by atoms with Crippen LogP contribution in [0.4, 0.5) is 0 Å². The zero-order valence-corrected chi connectivity index (χ0v) is 20.0. The first-order valence-corrected chi connectivity index (χ1v) is 9.68. The minimum Gasteiger partial charge on any atom is -0.493 e. The zero-order chi connectivity index (χ0) is 21.2. The van der Waals surface area contributed by atoms with Crippen LogP contribution in [0.5, 0.6) is 17.2 Å². The second-order valence-corrected chi connectivity index (χ2v) is 6.67. The summed E-state index contributed by atoms with van der Waals surface area (Å²) in [6.07, 6.45) is 0. The molecule has 7 heteroatoms. The van der Waals surface area contributed by atoms with Gasteiger partial charge in [-0.1, -0.05) is 48.5 Å². The number of rotatable bonds is 9. The summed E-state index contributed by atoms with van der Waals surface area (Å²) in [4.78, 5) is 4.43. The van der Waals surface area contributed by atoms with E-state index in [2.05, 4.69) is 16.4 Å². The summed E-state index contributed by atoms with van der Waals surface area (Å²) >= 11 is 0. The standard InChI is InChI=1S/C24H27N3O3.HI/c1-28-22-12-11-19(14-23(22)29-2)16-27-24(25)26-15-18-7-6-8-20(13-18)17-30-21-9-4-3-5-10-21;/h3-14H,15-17H2,1-2H3,(H3,25,26,27);1H. The molecule has 0 fully saturated rings. The van der Waals surface area contributed by atoms with Gasteiger partial charge in [-0.15, -0.1) is 24.0 Å². The van der Waals surface area contributed by atoms with Crippen LogP contribution in [0, 0.1) is 0 Å². The summed E-state index contributed by atoms with van der Waals surface area (Å²) in [5, 5.41) is 3.13. The third-order valence-electron chi connectivity index (χ3n) is 4.49. The molecule has 0 unspecified atom stereocenters. The molecule has 0 saturated heterocycles. The quantitative estimate of drug-likeness (QED) is 0.241. The fourth-order valence-electron chi connectivity index (χ4n) is 2.92. The van der Waals surface area contributed by atoms with Crippen LogP contribution in [-0.2, 0) is 19.7 Å². The number of nitrogens with zero attached hydrogens (tertiary/aromatic N) is 1. The van der Waals surface area contributed by atoms with Crippen molar-refractivity contribution in [3.63, 3.8) is 0 Å². The largest absolute Gasteiger partial charge is 0.493 e. The Labute approximate surface area is 200 Å². The second kappa shape index (κ2) is 12.7. The maximum absolute atomic E-state index is 6.03. The van der Waals surface area contributed by atoms with E-state index in [0.717, 1.165) is 22.4 Å². The molecule has 0 atom stereocenters. The number of halogens is 1. The van der Waals surface area contributed by atoms with Crippen molar-refractivity contribution < 1.29 is 14.2 Å². The van der Waals surface area contributed by atoms with Crippen molar-refractivity contribution in [2.24, 2.45) is 10.7 Å². The molecule has 6 nitrogen and oxygen atoms in total. The summed E-state index contributed by atoms with van der Waals surface area (Å²) in [5.74, 6) is 2.61. The number of nitrogens with two attached hydrogens (primary N) is 1. The molecule has 164 valence electrons. The Morgan fingerprint density at radius 3 is 2.32 bits per heavy atom. The molecule has 0 radical (unpaired) electrons. The van der Waals surface area contributed by atoms with Crippen molar-refractivity contribution >= 4 is 29.9 Å². The van der Waals surface area contributed by atoms with E-state index in [9.17, 15) is 0 Å². The lowest BCUT2D eigenvalue weighted by molar-refractivity contribution is 0.306. The first-order valence-electron chi connectivity index (χ1n) is 9.68. The molecular weight excluding hydrogens is 505 g/mol. The van der Waals surface area contributed by atoms with Crippen LogP contribution in [0.15, 0.2) is 77.8 Å². The van der Waals surface area contributed by atoms with Gasteiger partial charge in [0.25, 0.3) is 0 Å². The second-order valence-electron chi connectivity index (χ2n) is 6.67. The number of hydrogen-bond acceptors (Lipinski definition) is 4. The lowest BCUT2D eigenvalue weighted by Crippen LogP contribution is -2.31. The predicted molar refractivity (Wildman–Crippen MR) is 134 cm³/mol. The highest BCUT2D eigenvalue weighted by Crippen LogP contribution is 2.27. The Balaban J connectivity index is 0.00000341. The summed E-state index contributed by atoms with van der Waals surface area (Å²) in [6, 6.07) is 23.6. The van der Waals surface area contributed by atoms with Gasteiger partial charge in [0.15, 0.2) is 17.5 Å².